The van der Waals surface area contributed by atoms with Gasteiger partial charge in [-0.1, -0.05) is 11.2 Å². The van der Waals surface area contributed by atoms with Crippen molar-refractivity contribution in [3.63, 3.8) is 0 Å². The third-order valence-corrected chi connectivity index (χ3v) is 4.24. The molecule has 0 bridgehead atoms. The van der Waals surface area contributed by atoms with Crippen LogP contribution in [-0.4, -0.2) is 34.8 Å². The summed E-state index contributed by atoms with van der Waals surface area (Å²) in [7, 11) is 1.76. The number of carbonyl (C=O) groups is 1. The molecule has 4 rings (SSSR count). The van der Waals surface area contributed by atoms with E-state index in [0.29, 0.717) is 35.3 Å². The fraction of sp³-hybridized carbons (Fsp3) is 0.250. The summed E-state index contributed by atoms with van der Waals surface area (Å²) in [6.07, 6.45) is 0. The fourth-order valence-corrected chi connectivity index (χ4v) is 2.85. The standard InChI is InChI=1S/C20H19N3O5/c1-13-21-19(22-28-13)11-25-16-6-4-15(5-7-16)20(24)23(2)10-14-3-8-17-18(9-14)27-12-26-17/h3-9H,10-12H2,1-2H3. The van der Waals surface area contributed by atoms with E-state index in [1.165, 1.54) is 0 Å². The molecule has 28 heavy (non-hydrogen) atoms. The molecule has 0 unspecified atom stereocenters. The molecular weight excluding hydrogens is 362 g/mol. The Bertz CT molecular complexity index is 984. The second-order valence-electron chi connectivity index (χ2n) is 6.39. The first kappa shape index (κ1) is 17.8. The van der Waals surface area contributed by atoms with Gasteiger partial charge in [0, 0.05) is 26.1 Å². The van der Waals surface area contributed by atoms with E-state index in [2.05, 4.69) is 10.1 Å². The number of hydrogen-bond donors (Lipinski definition) is 0. The van der Waals surface area contributed by atoms with Gasteiger partial charge >= 0.3 is 0 Å². The summed E-state index contributed by atoms with van der Waals surface area (Å²) in [5.74, 6) is 2.93. The largest absolute Gasteiger partial charge is 0.485 e. The van der Waals surface area contributed by atoms with Crippen molar-refractivity contribution in [3.05, 3.63) is 65.3 Å². The van der Waals surface area contributed by atoms with Gasteiger partial charge in [-0.2, -0.15) is 4.98 Å². The summed E-state index contributed by atoms with van der Waals surface area (Å²) in [6.45, 7) is 2.62. The molecule has 1 aromatic heterocycles. The monoisotopic (exact) mass is 381 g/mol. The summed E-state index contributed by atoms with van der Waals surface area (Å²) in [6, 6.07) is 12.6. The predicted octanol–water partition coefficient (Wildman–Crippen LogP) is 2.96. The summed E-state index contributed by atoms with van der Waals surface area (Å²) in [5, 5.41) is 3.77. The summed E-state index contributed by atoms with van der Waals surface area (Å²) in [5.41, 5.74) is 1.54. The van der Waals surface area contributed by atoms with E-state index in [-0.39, 0.29) is 19.3 Å². The Balaban J connectivity index is 1.35. The van der Waals surface area contributed by atoms with E-state index in [9.17, 15) is 4.79 Å². The lowest BCUT2D eigenvalue weighted by Crippen LogP contribution is -2.26. The molecule has 0 atom stereocenters. The molecule has 144 valence electrons. The van der Waals surface area contributed by atoms with Crippen molar-refractivity contribution >= 4 is 5.91 Å². The van der Waals surface area contributed by atoms with E-state index >= 15 is 0 Å². The number of carbonyl (C=O) groups excluding carboxylic acids is 1. The van der Waals surface area contributed by atoms with Gasteiger partial charge in [0.1, 0.15) is 5.75 Å². The van der Waals surface area contributed by atoms with Crippen LogP contribution in [0.5, 0.6) is 17.2 Å². The SMILES string of the molecule is Cc1nc(COc2ccc(C(=O)N(C)Cc3ccc4c(c3)OCO4)cc2)no1. The zero-order valence-electron chi connectivity index (χ0n) is 15.5. The van der Waals surface area contributed by atoms with Gasteiger partial charge in [0.2, 0.25) is 18.5 Å². The van der Waals surface area contributed by atoms with Crippen LogP contribution < -0.4 is 14.2 Å². The predicted molar refractivity (Wildman–Crippen MR) is 98.2 cm³/mol. The maximum atomic E-state index is 12.7. The van der Waals surface area contributed by atoms with E-state index in [1.54, 1.807) is 43.1 Å². The second-order valence-corrected chi connectivity index (χ2v) is 6.39. The molecule has 8 nitrogen and oxygen atoms in total. The van der Waals surface area contributed by atoms with Crippen LogP contribution in [0, 0.1) is 6.92 Å². The highest BCUT2D eigenvalue weighted by Gasteiger charge is 2.16. The van der Waals surface area contributed by atoms with Crippen molar-refractivity contribution in [2.24, 2.45) is 0 Å². The minimum atomic E-state index is -0.0852. The Morgan fingerprint density at radius 1 is 1.14 bits per heavy atom. The van der Waals surface area contributed by atoms with Gasteiger partial charge in [-0.3, -0.25) is 4.79 Å². The highest BCUT2D eigenvalue weighted by molar-refractivity contribution is 5.94. The molecule has 0 saturated carbocycles. The minimum Gasteiger partial charge on any atom is -0.485 e. The van der Waals surface area contributed by atoms with Crippen LogP contribution in [0.1, 0.15) is 27.6 Å². The van der Waals surface area contributed by atoms with Crippen LogP contribution in [0.25, 0.3) is 0 Å². The van der Waals surface area contributed by atoms with Gasteiger partial charge in [0.05, 0.1) is 0 Å². The number of hydrogen-bond acceptors (Lipinski definition) is 7. The Labute approximate surface area is 161 Å². The normalized spacial score (nSPS) is 12.1. The van der Waals surface area contributed by atoms with Crippen LogP contribution in [0.15, 0.2) is 47.0 Å². The third kappa shape index (κ3) is 3.90. The molecule has 8 heteroatoms. The lowest BCUT2D eigenvalue weighted by molar-refractivity contribution is 0.0785. The van der Waals surface area contributed by atoms with Crippen molar-refractivity contribution in [3.8, 4) is 17.2 Å². The molecule has 0 radical (unpaired) electrons. The molecule has 3 aromatic rings. The van der Waals surface area contributed by atoms with Gasteiger partial charge < -0.3 is 23.6 Å². The first-order chi connectivity index (χ1) is 13.6. The van der Waals surface area contributed by atoms with E-state index in [4.69, 9.17) is 18.7 Å². The minimum absolute atomic E-state index is 0.0852. The lowest BCUT2D eigenvalue weighted by Gasteiger charge is -2.18. The van der Waals surface area contributed by atoms with Gasteiger partial charge in [0.15, 0.2) is 18.1 Å². The molecular formula is C20H19N3O5. The fourth-order valence-electron chi connectivity index (χ4n) is 2.85. The number of aryl methyl sites for hydroxylation is 1. The van der Waals surface area contributed by atoms with Gasteiger partial charge in [-0.15, -0.1) is 0 Å². The quantitative estimate of drug-likeness (QED) is 0.649. The molecule has 1 aliphatic heterocycles. The van der Waals surface area contributed by atoms with Gasteiger partial charge in [-0.25, -0.2) is 0 Å². The van der Waals surface area contributed by atoms with E-state index in [0.717, 1.165) is 11.3 Å². The number of benzene rings is 2. The summed E-state index contributed by atoms with van der Waals surface area (Å²) >= 11 is 0. The molecule has 0 aliphatic carbocycles. The maximum absolute atomic E-state index is 12.7. The molecule has 0 N–H and O–H groups in total. The highest BCUT2D eigenvalue weighted by Crippen LogP contribution is 2.32. The number of ether oxygens (including phenoxy) is 3. The molecule has 0 saturated heterocycles. The Morgan fingerprint density at radius 2 is 1.93 bits per heavy atom. The van der Waals surface area contributed by atoms with Crippen molar-refractivity contribution in [1.29, 1.82) is 0 Å². The highest BCUT2D eigenvalue weighted by atomic mass is 16.7. The molecule has 2 aromatic carbocycles. The lowest BCUT2D eigenvalue weighted by atomic mass is 10.1. The van der Waals surface area contributed by atoms with Crippen LogP contribution in [0.4, 0.5) is 0 Å². The first-order valence-corrected chi connectivity index (χ1v) is 8.74. The molecule has 2 heterocycles. The smallest absolute Gasteiger partial charge is 0.253 e. The summed E-state index contributed by atoms with van der Waals surface area (Å²) < 4.78 is 21.2. The number of nitrogens with zero attached hydrogens (tertiary/aromatic N) is 3. The Morgan fingerprint density at radius 3 is 2.68 bits per heavy atom. The average Bonchev–Trinajstić information content (AvgIpc) is 3.34. The molecule has 1 amide bonds. The van der Waals surface area contributed by atoms with Crippen LogP contribution in [0.3, 0.4) is 0 Å². The van der Waals surface area contributed by atoms with Crippen molar-refractivity contribution in [2.45, 2.75) is 20.1 Å². The zero-order chi connectivity index (χ0) is 19.5. The van der Waals surface area contributed by atoms with Crippen LogP contribution >= 0.6 is 0 Å². The van der Waals surface area contributed by atoms with Crippen molar-refractivity contribution in [1.82, 2.24) is 15.0 Å². The number of fused-ring (bicyclic) bond motifs is 1. The van der Waals surface area contributed by atoms with Crippen molar-refractivity contribution < 1.29 is 23.5 Å². The number of rotatable bonds is 6. The first-order valence-electron chi connectivity index (χ1n) is 8.74. The number of aromatic nitrogens is 2. The summed E-state index contributed by atoms with van der Waals surface area (Å²) in [4.78, 5) is 18.4. The Hall–Kier alpha value is -3.55. The van der Waals surface area contributed by atoms with E-state index < -0.39 is 0 Å². The molecule has 1 aliphatic rings. The van der Waals surface area contributed by atoms with Crippen molar-refractivity contribution in [2.75, 3.05) is 13.8 Å². The Kier molecular flexibility index (Phi) is 4.84. The zero-order valence-corrected chi connectivity index (χ0v) is 15.5. The topological polar surface area (TPSA) is 86.9 Å². The number of amides is 1. The molecule has 0 spiro atoms. The van der Waals surface area contributed by atoms with E-state index in [1.807, 2.05) is 18.2 Å². The maximum Gasteiger partial charge on any atom is 0.253 e. The average molecular weight is 381 g/mol. The van der Waals surface area contributed by atoms with Gasteiger partial charge in [0.25, 0.3) is 5.91 Å². The second kappa shape index (κ2) is 7.59. The van der Waals surface area contributed by atoms with Gasteiger partial charge in [-0.05, 0) is 42.0 Å². The van der Waals surface area contributed by atoms with Crippen LogP contribution in [-0.2, 0) is 13.2 Å². The molecule has 0 fully saturated rings. The van der Waals surface area contributed by atoms with Crippen LogP contribution in [0.2, 0.25) is 0 Å². The third-order valence-electron chi connectivity index (χ3n) is 4.24.